The fraction of sp³-hybridized carbons (Fsp3) is 0.455. The maximum absolute atomic E-state index is 11.4. The Bertz CT molecular complexity index is 323. The third-order valence-electron chi connectivity index (χ3n) is 1.63. The summed E-state index contributed by atoms with van der Waals surface area (Å²) >= 11 is 0. The maximum atomic E-state index is 11.4. The molecule has 0 aliphatic carbocycles. The lowest BCUT2D eigenvalue weighted by Crippen LogP contribution is -2.23. The number of carbonyl (C=O) groups excluding carboxylic acids is 2. The van der Waals surface area contributed by atoms with Crippen LogP contribution < -0.4 is 5.73 Å². The zero-order valence-electron chi connectivity index (χ0n) is 9.59. The van der Waals surface area contributed by atoms with E-state index in [0.717, 1.165) is 5.57 Å². The molecule has 0 heterocycles. The second kappa shape index (κ2) is 6.01. The Morgan fingerprint density at radius 2 is 1.80 bits per heavy atom. The zero-order valence-corrected chi connectivity index (χ0v) is 9.59. The van der Waals surface area contributed by atoms with Crippen molar-refractivity contribution in [2.24, 2.45) is 5.73 Å². The van der Waals surface area contributed by atoms with E-state index in [9.17, 15) is 9.59 Å². The monoisotopic (exact) mass is 211 g/mol. The number of carbonyl (C=O) groups is 2. The van der Waals surface area contributed by atoms with E-state index in [-0.39, 0.29) is 12.2 Å². The molecular weight excluding hydrogens is 194 g/mol. The molecule has 0 bridgehead atoms. The lowest BCUT2D eigenvalue weighted by molar-refractivity contribution is -0.140. The number of allylic oxidation sites excluding steroid dienone is 3. The Labute approximate surface area is 89.8 Å². The standard InChI is InChI=1S/C11H17NO3/c1-5-15-11(14)9(10(12)13)8(4)6-7(2)3/h6H,5H2,1-4H3,(H2,12,13). The van der Waals surface area contributed by atoms with Crippen LogP contribution in [0.25, 0.3) is 0 Å². The fourth-order valence-corrected chi connectivity index (χ4v) is 1.16. The third kappa shape index (κ3) is 4.44. The van der Waals surface area contributed by atoms with Gasteiger partial charge in [0, 0.05) is 0 Å². The van der Waals surface area contributed by atoms with Gasteiger partial charge < -0.3 is 10.5 Å². The summed E-state index contributed by atoms with van der Waals surface area (Å²) in [6, 6.07) is 0. The quantitative estimate of drug-likeness (QED) is 0.251. The highest BCUT2D eigenvalue weighted by Gasteiger charge is 2.18. The number of rotatable bonds is 4. The van der Waals surface area contributed by atoms with E-state index >= 15 is 0 Å². The van der Waals surface area contributed by atoms with Gasteiger partial charge in [0.25, 0.3) is 5.91 Å². The number of hydrogen-bond acceptors (Lipinski definition) is 3. The summed E-state index contributed by atoms with van der Waals surface area (Å²) < 4.78 is 4.74. The molecule has 84 valence electrons. The first kappa shape index (κ1) is 13.4. The zero-order chi connectivity index (χ0) is 12.0. The minimum atomic E-state index is -0.761. The summed E-state index contributed by atoms with van der Waals surface area (Å²) in [6.07, 6.45) is 1.72. The molecule has 0 unspecified atom stereocenters. The van der Waals surface area contributed by atoms with E-state index in [1.165, 1.54) is 0 Å². The van der Waals surface area contributed by atoms with Crippen LogP contribution in [0, 0.1) is 0 Å². The van der Waals surface area contributed by atoms with Gasteiger partial charge in [0.05, 0.1) is 6.61 Å². The summed E-state index contributed by atoms with van der Waals surface area (Å²) in [5.41, 5.74) is 6.54. The summed E-state index contributed by atoms with van der Waals surface area (Å²) in [5, 5.41) is 0. The molecule has 0 aromatic carbocycles. The second-order valence-electron chi connectivity index (χ2n) is 3.36. The largest absolute Gasteiger partial charge is 0.462 e. The lowest BCUT2D eigenvalue weighted by atomic mass is 10.1. The van der Waals surface area contributed by atoms with Crippen LogP contribution >= 0.6 is 0 Å². The van der Waals surface area contributed by atoms with Gasteiger partial charge in [-0.1, -0.05) is 11.6 Å². The average Bonchev–Trinajstić information content (AvgIpc) is 2.01. The van der Waals surface area contributed by atoms with E-state index < -0.39 is 11.9 Å². The van der Waals surface area contributed by atoms with Crippen LogP contribution in [0.15, 0.2) is 22.8 Å². The van der Waals surface area contributed by atoms with Crippen molar-refractivity contribution in [3.8, 4) is 0 Å². The van der Waals surface area contributed by atoms with Crippen LogP contribution in [0.5, 0.6) is 0 Å². The Kier molecular flexibility index (Phi) is 5.37. The van der Waals surface area contributed by atoms with Gasteiger partial charge in [0.1, 0.15) is 5.57 Å². The summed E-state index contributed by atoms with van der Waals surface area (Å²) in [4.78, 5) is 22.5. The van der Waals surface area contributed by atoms with Gasteiger partial charge in [-0.2, -0.15) is 0 Å². The van der Waals surface area contributed by atoms with Gasteiger partial charge in [-0.05, 0) is 33.3 Å². The van der Waals surface area contributed by atoms with Crippen molar-refractivity contribution in [2.75, 3.05) is 6.61 Å². The topological polar surface area (TPSA) is 69.4 Å². The van der Waals surface area contributed by atoms with E-state index in [4.69, 9.17) is 10.5 Å². The highest BCUT2D eigenvalue weighted by molar-refractivity contribution is 6.16. The van der Waals surface area contributed by atoms with Crippen molar-refractivity contribution in [3.63, 3.8) is 0 Å². The van der Waals surface area contributed by atoms with Gasteiger partial charge in [-0.3, -0.25) is 4.79 Å². The Morgan fingerprint density at radius 3 is 2.13 bits per heavy atom. The Hall–Kier alpha value is -1.58. The second-order valence-corrected chi connectivity index (χ2v) is 3.36. The Balaban J connectivity index is 5.20. The first-order valence-corrected chi connectivity index (χ1v) is 4.72. The number of hydrogen-bond donors (Lipinski definition) is 1. The molecule has 0 spiro atoms. The van der Waals surface area contributed by atoms with Gasteiger partial charge in [-0.25, -0.2) is 4.79 Å². The summed E-state index contributed by atoms with van der Waals surface area (Å²) in [7, 11) is 0. The van der Waals surface area contributed by atoms with Crippen molar-refractivity contribution in [1.29, 1.82) is 0 Å². The molecule has 0 aromatic heterocycles. The van der Waals surface area contributed by atoms with Gasteiger partial charge in [0.15, 0.2) is 0 Å². The summed E-state index contributed by atoms with van der Waals surface area (Å²) in [5.74, 6) is -1.43. The minimum absolute atomic E-state index is 0.0851. The van der Waals surface area contributed by atoms with Crippen molar-refractivity contribution >= 4 is 11.9 Å². The normalized spacial score (nSPS) is 11.5. The molecule has 4 heteroatoms. The van der Waals surface area contributed by atoms with Gasteiger partial charge >= 0.3 is 5.97 Å². The molecule has 0 saturated carbocycles. The maximum Gasteiger partial charge on any atom is 0.344 e. The van der Waals surface area contributed by atoms with E-state index in [0.29, 0.717) is 5.57 Å². The highest BCUT2D eigenvalue weighted by Crippen LogP contribution is 2.10. The van der Waals surface area contributed by atoms with Gasteiger partial charge in [-0.15, -0.1) is 0 Å². The van der Waals surface area contributed by atoms with Crippen LogP contribution in [0.4, 0.5) is 0 Å². The first-order chi connectivity index (χ1) is 6.90. The number of ether oxygens (including phenoxy) is 1. The number of esters is 1. The third-order valence-corrected chi connectivity index (χ3v) is 1.63. The van der Waals surface area contributed by atoms with E-state index in [2.05, 4.69) is 0 Å². The van der Waals surface area contributed by atoms with Crippen LogP contribution in [0.1, 0.15) is 27.7 Å². The molecule has 0 fully saturated rings. The fourth-order valence-electron chi connectivity index (χ4n) is 1.16. The highest BCUT2D eigenvalue weighted by atomic mass is 16.5. The lowest BCUT2D eigenvalue weighted by Gasteiger charge is -2.05. The number of primary amides is 1. The van der Waals surface area contributed by atoms with Crippen molar-refractivity contribution in [3.05, 3.63) is 22.8 Å². The van der Waals surface area contributed by atoms with E-state index in [1.807, 2.05) is 13.8 Å². The average molecular weight is 211 g/mol. The molecule has 1 amide bonds. The first-order valence-electron chi connectivity index (χ1n) is 4.72. The molecule has 0 saturated heterocycles. The molecule has 0 radical (unpaired) electrons. The SMILES string of the molecule is CCOC(=O)C(C(N)=O)=C(C)C=C(C)C. The molecule has 2 N–H and O–H groups in total. The van der Waals surface area contributed by atoms with Crippen molar-refractivity contribution in [1.82, 2.24) is 0 Å². The molecule has 0 atom stereocenters. The van der Waals surface area contributed by atoms with Crippen molar-refractivity contribution < 1.29 is 14.3 Å². The van der Waals surface area contributed by atoms with Crippen LogP contribution in [0.2, 0.25) is 0 Å². The smallest absolute Gasteiger partial charge is 0.344 e. The predicted molar refractivity (Wildman–Crippen MR) is 58.0 cm³/mol. The number of nitrogens with two attached hydrogens (primary N) is 1. The molecule has 15 heavy (non-hydrogen) atoms. The van der Waals surface area contributed by atoms with Crippen LogP contribution in [-0.4, -0.2) is 18.5 Å². The van der Waals surface area contributed by atoms with Crippen molar-refractivity contribution in [2.45, 2.75) is 27.7 Å². The summed E-state index contributed by atoms with van der Waals surface area (Å²) in [6.45, 7) is 7.29. The van der Waals surface area contributed by atoms with Crippen LogP contribution in [-0.2, 0) is 14.3 Å². The van der Waals surface area contributed by atoms with Gasteiger partial charge in [0.2, 0.25) is 0 Å². The molecule has 4 nitrogen and oxygen atoms in total. The Morgan fingerprint density at radius 1 is 1.27 bits per heavy atom. The molecule has 0 rings (SSSR count). The molecule has 0 aliphatic rings. The molecule has 0 aliphatic heterocycles. The predicted octanol–water partition coefficient (Wildman–Crippen LogP) is 1.32. The minimum Gasteiger partial charge on any atom is -0.462 e. The number of amides is 1. The molecular formula is C11H17NO3. The van der Waals surface area contributed by atoms with E-state index in [1.54, 1.807) is 19.9 Å². The molecule has 0 aromatic rings. The van der Waals surface area contributed by atoms with Crippen LogP contribution in [0.3, 0.4) is 0 Å².